The third kappa shape index (κ3) is 6.14. The summed E-state index contributed by atoms with van der Waals surface area (Å²) in [5, 5.41) is 10.2. The highest BCUT2D eigenvalue weighted by molar-refractivity contribution is 7.13. The smallest absolute Gasteiger partial charge is 0.347 e. The van der Waals surface area contributed by atoms with Crippen LogP contribution in [0.2, 0.25) is 0 Å². The minimum Gasteiger partial charge on any atom is -0.477 e. The molecule has 120 valence electrons. The van der Waals surface area contributed by atoms with Crippen molar-refractivity contribution in [2.24, 2.45) is 5.92 Å². The highest BCUT2D eigenvalue weighted by atomic mass is 32.1. The number of aromatic nitrogens is 1. The van der Waals surface area contributed by atoms with Gasteiger partial charge in [0.25, 0.3) is 0 Å². The normalized spacial score (nSPS) is 11.5. The first kappa shape index (κ1) is 18.1. The molecule has 0 aliphatic heterocycles. The van der Waals surface area contributed by atoms with E-state index in [0.29, 0.717) is 10.8 Å². The van der Waals surface area contributed by atoms with Crippen molar-refractivity contribution in [3.8, 4) is 0 Å². The highest BCUT2D eigenvalue weighted by Gasteiger charge is 2.18. The van der Waals surface area contributed by atoms with Gasteiger partial charge in [0.15, 0.2) is 0 Å². The van der Waals surface area contributed by atoms with Crippen molar-refractivity contribution in [3.63, 3.8) is 0 Å². The fraction of sp³-hybridized carbons (Fsp3) is 0.750. The Balaban J connectivity index is 2.68. The molecule has 1 aromatic heterocycles. The zero-order valence-electron chi connectivity index (χ0n) is 13.7. The van der Waals surface area contributed by atoms with E-state index in [2.05, 4.69) is 37.6 Å². The largest absolute Gasteiger partial charge is 0.477 e. The third-order valence-electron chi connectivity index (χ3n) is 3.45. The molecule has 0 saturated carbocycles. The molecule has 0 atom stereocenters. The second-order valence-corrected chi connectivity index (χ2v) is 6.91. The molecule has 0 amide bonds. The number of hydrogen-bond donors (Lipinski definition) is 1. The van der Waals surface area contributed by atoms with Crippen LogP contribution in [0.5, 0.6) is 0 Å². The number of likely N-dealkylation sites (N-methyl/N-ethyl adjacent to an activating group) is 1. The van der Waals surface area contributed by atoms with Gasteiger partial charge in [-0.2, -0.15) is 0 Å². The Kier molecular flexibility index (Phi) is 7.89. The molecule has 0 radical (unpaired) electrons. The standard InChI is InChI=1S/C16H28N2O2S/c1-5-7-9-18(6-2)10-8-14-17-13(11-12(3)4)15(21-14)16(19)20/h12H,5-11H2,1-4H3,(H,19,20). The van der Waals surface area contributed by atoms with Gasteiger partial charge in [0.1, 0.15) is 4.88 Å². The van der Waals surface area contributed by atoms with E-state index in [9.17, 15) is 9.90 Å². The first-order valence-corrected chi connectivity index (χ1v) is 8.73. The van der Waals surface area contributed by atoms with Crippen LogP contribution in [-0.2, 0) is 12.8 Å². The van der Waals surface area contributed by atoms with E-state index in [-0.39, 0.29) is 0 Å². The van der Waals surface area contributed by atoms with Crippen LogP contribution in [0.1, 0.15) is 60.9 Å². The monoisotopic (exact) mass is 312 g/mol. The summed E-state index contributed by atoms with van der Waals surface area (Å²) in [5.74, 6) is -0.414. The number of hydrogen-bond acceptors (Lipinski definition) is 4. The second kappa shape index (κ2) is 9.15. The van der Waals surface area contributed by atoms with Crippen molar-refractivity contribution in [2.75, 3.05) is 19.6 Å². The van der Waals surface area contributed by atoms with Crippen LogP contribution >= 0.6 is 11.3 Å². The lowest BCUT2D eigenvalue weighted by atomic mass is 10.1. The van der Waals surface area contributed by atoms with Gasteiger partial charge in [0.05, 0.1) is 10.7 Å². The number of carboxylic acids is 1. The summed E-state index contributed by atoms with van der Waals surface area (Å²) in [6.07, 6.45) is 4.01. The van der Waals surface area contributed by atoms with Crippen molar-refractivity contribution >= 4 is 17.3 Å². The Hall–Kier alpha value is -0.940. The molecule has 0 aliphatic carbocycles. The van der Waals surface area contributed by atoms with Crippen LogP contribution in [0.4, 0.5) is 0 Å². The Labute approximate surface area is 132 Å². The lowest BCUT2D eigenvalue weighted by molar-refractivity contribution is 0.0700. The number of carbonyl (C=O) groups is 1. The van der Waals surface area contributed by atoms with Crippen molar-refractivity contribution in [2.45, 2.75) is 53.4 Å². The molecule has 1 aromatic rings. The third-order valence-corrected chi connectivity index (χ3v) is 4.60. The molecule has 0 spiro atoms. The number of unbranched alkanes of at least 4 members (excludes halogenated alkanes) is 1. The molecule has 0 aromatic carbocycles. The molecule has 1 heterocycles. The molecule has 5 heteroatoms. The van der Waals surface area contributed by atoms with Gasteiger partial charge >= 0.3 is 5.97 Å². The molecule has 1 N–H and O–H groups in total. The van der Waals surface area contributed by atoms with Crippen molar-refractivity contribution < 1.29 is 9.90 Å². The van der Waals surface area contributed by atoms with Gasteiger partial charge < -0.3 is 10.0 Å². The van der Waals surface area contributed by atoms with Gasteiger partial charge in [-0.25, -0.2) is 9.78 Å². The number of thiazole rings is 1. The van der Waals surface area contributed by atoms with Crippen LogP contribution in [0.3, 0.4) is 0 Å². The lowest BCUT2D eigenvalue weighted by Crippen LogP contribution is -2.26. The number of aromatic carboxylic acids is 1. The van der Waals surface area contributed by atoms with E-state index < -0.39 is 5.97 Å². The minimum atomic E-state index is -0.840. The van der Waals surface area contributed by atoms with Gasteiger partial charge in [-0.3, -0.25) is 0 Å². The molecular formula is C16H28N2O2S. The molecule has 0 unspecified atom stereocenters. The Bertz CT molecular complexity index is 443. The maximum atomic E-state index is 11.3. The molecular weight excluding hydrogens is 284 g/mol. The summed E-state index contributed by atoms with van der Waals surface area (Å²) in [7, 11) is 0. The van der Waals surface area contributed by atoms with Crippen LogP contribution in [0.25, 0.3) is 0 Å². The first-order chi connectivity index (χ1) is 9.97. The van der Waals surface area contributed by atoms with Gasteiger partial charge in [-0.1, -0.05) is 34.1 Å². The maximum absolute atomic E-state index is 11.3. The van der Waals surface area contributed by atoms with E-state index in [4.69, 9.17) is 0 Å². The van der Waals surface area contributed by atoms with Crippen molar-refractivity contribution in [1.82, 2.24) is 9.88 Å². The number of carboxylic acid groups (broad SMARTS) is 1. The van der Waals surface area contributed by atoms with Crippen molar-refractivity contribution in [3.05, 3.63) is 15.6 Å². The van der Waals surface area contributed by atoms with Crippen LogP contribution in [0.15, 0.2) is 0 Å². The SMILES string of the molecule is CCCCN(CC)CCc1nc(CC(C)C)c(C(=O)O)s1. The number of nitrogens with zero attached hydrogens (tertiary/aromatic N) is 2. The van der Waals surface area contributed by atoms with Gasteiger partial charge in [-0.05, 0) is 31.8 Å². The average molecular weight is 312 g/mol. The minimum absolute atomic E-state index is 0.426. The summed E-state index contributed by atoms with van der Waals surface area (Å²) in [4.78, 5) is 18.7. The highest BCUT2D eigenvalue weighted by Crippen LogP contribution is 2.22. The Morgan fingerprint density at radius 3 is 2.57 bits per heavy atom. The van der Waals surface area contributed by atoms with E-state index in [1.165, 1.54) is 24.2 Å². The Morgan fingerprint density at radius 1 is 1.33 bits per heavy atom. The lowest BCUT2D eigenvalue weighted by Gasteiger charge is -2.19. The summed E-state index contributed by atoms with van der Waals surface area (Å²) in [6.45, 7) is 11.7. The molecule has 0 aliphatic rings. The number of rotatable bonds is 10. The van der Waals surface area contributed by atoms with Crippen LogP contribution in [0, 0.1) is 5.92 Å². The molecule has 1 rings (SSSR count). The predicted octanol–water partition coefficient (Wildman–Crippen LogP) is 3.70. The zero-order valence-corrected chi connectivity index (χ0v) is 14.5. The van der Waals surface area contributed by atoms with Gasteiger partial charge in [0, 0.05) is 13.0 Å². The predicted molar refractivity (Wildman–Crippen MR) is 88.3 cm³/mol. The fourth-order valence-corrected chi connectivity index (χ4v) is 3.18. The van der Waals surface area contributed by atoms with E-state index >= 15 is 0 Å². The van der Waals surface area contributed by atoms with E-state index in [0.717, 1.165) is 43.2 Å². The quantitative estimate of drug-likeness (QED) is 0.715. The first-order valence-electron chi connectivity index (χ1n) is 7.92. The summed E-state index contributed by atoms with van der Waals surface area (Å²) in [5.41, 5.74) is 0.758. The summed E-state index contributed by atoms with van der Waals surface area (Å²) in [6, 6.07) is 0. The van der Waals surface area contributed by atoms with E-state index in [1.54, 1.807) is 0 Å². The maximum Gasteiger partial charge on any atom is 0.347 e. The van der Waals surface area contributed by atoms with Gasteiger partial charge in [0.2, 0.25) is 0 Å². The fourth-order valence-electron chi connectivity index (χ4n) is 2.26. The van der Waals surface area contributed by atoms with Crippen LogP contribution < -0.4 is 0 Å². The molecule has 0 saturated heterocycles. The molecule has 21 heavy (non-hydrogen) atoms. The van der Waals surface area contributed by atoms with E-state index in [1.807, 2.05) is 0 Å². The second-order valence-electron chi connectivity index (χ2n) is 5.82. The Morgan fingerprint density at radius 2 is 2.05 bits per heavy atom. The topological polar surface area (TPSA) is 53.4 Å². The molecule has 0 fully saturated rings. The van der Waals surface area contributed by atoms with Crippen LogP contribution in [-0.4, -0.2) is 40.6 Å². The molecule has 0 bridgehead atoms. The zero-order chi connectivity index (χ0) is 15.8. The summed E-state index contributed by atoms with van der Waals surface area (Å²) < 4.78 is 0. The van der Waals surface area contributed by atoms with Crippen molar-refractivity contribution in [1.29, 1.82) is 0 Å². The molecule has 4 nitrogen and oxygen atoms in total. The summed E-state index contributed by atoms with van der Waals surface area (Å²) >= 11 is 1.35. The average Bonchev–Trinajstić information content (AvgIpc) is 2.81. The van der Waals surface area contributed by atoms with Gasteiger partial charge in [-0.15, -0.1) is 11.3 Å².